The minimum Gasteiger partial charge on any atom is -0.480 e. The van der Waals surface area contributed by atoms with E-state index in [1.807, 2.05) is 4.72 Å². The predicted octanol–water partition coefficient (Wildman–Crippen LogP) is 4.67. The minimum absolute atomic E-state index is 0.0313. The van der Waals surface area contributed by atoms with Gasteiger partial charge in [-0.05, 0) is 36.7 Å². The van der Waals surface area contributed by atoms with Crippen molar-refractivity contribution in [3.8, 4) is 17.0 Å². The molecule has 1 atom stereocenters. The van der Waals surface area contributed by atoms with Gasteiger partial charge in [-0.1, -0.05) is 24.6 Å². The van der Waals surface area contributed by atoms with Crippen LogP contribution >= 0.6 is 11.6 Å². The highest BCUT2D eigenvalue weighted by atomic mass is 35.5. The van der Waals surface area contributed by atoms with Crippen molar-refractivity contribution in [3.05, 3.63) is 64.7 Å². The van der Waals surface area contributed by atoms with Crippen LogP contribution in [0.5, 0.6) is 5.88 Å². The Balaban J connectivity index is 1.77. The Kier molecular flexibility index (Phi) is 7.63. The Hall–Kier alpha value is -3.68. The third kappa shape index (κ3) is 5.04. The van der Waals surface area contributed by atoms with Crippen LogP contribution in [-0.4, -0.2) is 43.0 Å². The number of anilines is 1. The fraction of sp³-hybridized carbons (Fsp3) is 0.208. The number of hydrogen-bond donors (Lipinski definition) is 3. The van der Waals surface area contributed by atoms with E-state index in [0.29, 0.717) is 0 Å². The summed E-state index contributed by atoms with van der Waals surface area (Å²) in [5, 5.41) is 6.40. The first kappa shape index (κ1) is 27.4. The number of aromatic nitrogens is 3. The van der Waals surface area contributed by atoms with E-state index in [9.17, 15) is 17.6 Å². The maximum Gasteiger partial charge on any atom is 0.267 e. The van der Waals surface area contributed by atoms with Crippen molar-refractivity contribution in [3.63, 3.8) is 0 Å². The number of nitrogens with one attached hydrogen (secondary N) is 2. The zero-order valence-corrected chi connectivity index (χ0v) is 21.6. The van der Waals surface area contributed by atoms with Gasteiger partial charge in [-0.15, -0.1) is 0 Å². The summed E-state index contributed by atoms with van der Waals surface area (Å²) in [5.41, 5.74) is 3.25. The van der Waals surface area contributed by atoms with Gasteiger partial charge in [0.1, 0.15) is 17.0 Å². The number of methoxy groups -OCH3 is 1. The average molecular weight is 568 g/mol. The van der Waals surface area contributed by atoms with E-state index in [4.69, 9.17) is 22.1 Å². The zero-order valence-electron chi connectivity index (χ0n) is 20.0. The van der Waals surface area contributed by atoms with Crippen LogP contribution in [0.1, 0.15) is 23.8 Å². The largest absolute Gasteiger partial charge is 0.480 e. The van der Waals surface area contributed by atoms with E-state index < -0.39 is 49.2 Å². The second-order valence-corrected chi connectivity index (χ2v) is 10.5. The number of hydrogen-bond acceptors (Lipinski definition) is 7. The molecular formula is C24H21ClF3N5O4S. The third-order valence-electron chi connectivity index (χ3n) is 5.75. The van der Waals surface area contributed by atoms with Crippen LogP contribution in [0.25, 0.3) is 22.0 Å². The standard InChI is InChI=1S/C24H21ClF3N5O4S/c1-11(9-29)7-17(34)22-14-4-3-13(20(27)23(14)32-31-22)19-15(26)5-6-16(21(19)28)33-38(35,36)18-8-12(25)10-30-24(18)37-2/h3-6,8,10-11,33H,7,9,29H2,1-2H3,(H,31,32). The monoisotopic (exact) mass is 567 g/mol. The molecule has 0 aliphatic heterocycles. The van der Waals surface area contributed by atoms with Crippen molar-refractivity contribution >= 4 is 44.0 Å². The van der Waals surface area contributed by atoms with Crippen molar-refractivity contribution in [2.75, 3.05) is 18.4 Å². The summed E-state index contributed by atoms with van der Waals surface area (Å²) in [5.74, 6) is -4.44. The van der Waals surface area contributed by atoms with Gasteiger partial charge in [0.15, 0.2) is 22.3 Å². The summed E-state index contributed by atoms with van der Waals surface area (Å²) in [4.78, 5) is 15.8. The number of fused-ring (bicyclic) bond motifs is 1. The number of Topliss-reactive ketones (excluding diaryl/α,β-unsaturated/α-hetero) is 1. The van der Waals surface area contributed by atoms with E-state index in [0.717, 1.165) is 30.5 Å². The Morgan fingerprint density at radius 2 is 1.95 bits per heavy atom. The van der Waals surface area contributed by atoms with Crippen LogP contribution in [0.15, 0.2) is 41.4 Å². The highest BCUT2D eigenvalue weighted by Gasteiger charge is 2.27. The highest BCUT2D eigenvalue weighted by Crippen LogP contribution is 2.36. The molecule has 4 aromatic rings. The molecule has 2 heterocycles. The zero-order chi connectivity index (χ0) is 27.8. The predicted molar refractivity (Wildman–Crippen MR) is 135 cm³/mol. The summed E-state index contributed by atoms with van der Waals surface area (Å²) in [6.45, 7) is 2.05. The van der Waals surface area contributed by atoms with E-state index in [1.54, 1.807) is 6.92 Å². The molecule has 14 heteroatoms. The molecule has 0 spiro atoms. The molecule has 0 aliphatic rings. The lowest BCUT2D eigenvalue weighted by Crippen LogP contribution is -2.16. The first-order chi connectivity index (χ1) is 18.0. The van der Waals surface area contributed by atoms with Gasteiger partial charge < -0.3 is 10.5 Å². The molecule has 0 radical (unpaired) electrons. The maximum absolute atomic E-state index is 15.5. The lowest BCUT2D eigenvalue weighted by molar-refractivity contribution is 0.0962. The second kappa shape index (κ2) is 10.6. The topological polar surface area (TPSA) is 140 Å². The molecule has 4 rings (SSSR count). The van der Waals surface area contributed by atoms with Gasteiger partial charge in [-0.3, -0.25) is 14.6 Å². The van der Waals surface area contributed by atoms with E-state index in [-0.39, 0.29) is 52.2 Å². The molecule has 0 saturated carbocycles. The average Bonchev–Trinajstić information content (AvgIpc) is 3.32. The number of carbonyl (C=O) groups excluding carboxylic acids is 1. The highest BCUT2D eigenvalue weighted by molar-refractivity contribution is 7.92. The number of benzene rings is 2. The smallest absolute Gasteiger partial charge is 0.267 e. The molecule has 38 heavy (non-hydrogen) atoms. The number of nitrogens with two attached hydrogens (primary N) is 1. The number of H-pyrrole nitrogens is 1. The number of rotatable bonds is 9. The molecule has 0 fully saturated rings. The first-order valence-corrected chi connectivity index (χ1v) is 12.9. The molecule has 0 amide bonds. The molecule has 200 valence electrons. The maximum atomic E-state index is 15.5. The summed E-state index contributed by atoms with van der Waals surface area (Å²) in [6.07, 6.45) is 1.25. The molecule has 2 aromatic heterocycles. The Labute approximate surface area is 220 Å². The SMILES string of the molecule is COc1ncc(Cl)cc1S(=O)(=O)Nc1ccc(F)c(-c2ccc3c(C(=O)CC(C)CN)[nH]nc3c2F)c1F. The van der Waals surface area contributed by atoms with Gasteiger partial charge in [0.05, 0.1) is 23.4 Å². The van der Waals surface area contributed by atoms with Crippen LogP contribution in [0, 0.1) is 23.4 Å². The third-order valence-corrected chi connectivity index (χ3v) is 7.32. The lowest BCUT2D eigenvalue weighted by atomic mass is 9.98. The van der Waals surface area contributed by atoms with Crippen LogP contribution in [0.3, 0.4) is 0 Å². The van der Waals surface area contributed by atoms with Crippen LogP contribution in [0.4, 0.5) is 18.9 Å². The van der Waals surface area contributed by atoms with Gasteiger partial charge >= 0.3 is 0 Å². The second-order valence-electron chi connectivity index (χ2n) is 8.44. The lowest BCUT2D eigenvalue weighted by Gasteiger charge is -2.14. The van der Waals surface area contributed by atoms with Crippen molar-refractivity contribution in [2.24, 2.45) is 11.7 Å². The summed E-state index contributed by atoms with van der Waals surface area (Å²) in [6, 6.07) is 5.05. The number of ketones is 1. The van der Waals surface area contributed by atoms with Crippen LogP contribution < -0.4 is 15.2 Å². The number of ether oxygens (including phenoxy) is 1. The van der Waals surface area contributed by atoms with E-state index in [2.05, 4.69) is 15.2 Å². The number of pyridine rings is 1. The molecule has 0 saturated heterocycles. The van der Waals surface area contributed by atoms with Crippen molar-refractivity contribution in [1.29, 1.82) is 0 Å². The number of nitrogens with zero attached hydrogens (tertiary/aromatic N) is 2. The number of carbonyl (C=O) groups is 1. The fourth-order valence-corrected chi connectivity index (χ4v) is 5.21. The first-order valence-electron chi connectivity index (χ1n) is 11.1. The van der Waals surface area contributed by atoms with Crippen LogP contribution in [-0.2, 0) is 10.0 Å². The number of sulfonamides is 1. The molecule has 0 aliphatic carbocycles. The number of aromatic amines is 1. The van der Waals surface area contributed by atoms with E-state index in [1.165, 1.54) is 13.2 Å². The quantitative estimate of drug-likeness (QED) is 0.250. The normalized spacial score (nSPS) is 12.5. The summed E-state index contributed by atoms with van der Waals surface area (Å²) < 4.78 is 78.6. The number of halogens is 4. The van der Waals surface area contributed by atoms with Gasteiger partial charge in [0.25, 0.3) is 10.0 Å². The Morgan fingerprint density at radius 1 is 1.21 bits per heavy atom. The summed E-state index contributed by atoms with van der Waals surface area (Å²) >= 11 is 5.85. The van der Waals surface area contributed by atoms with Crippen molar-refractivity contribution in [1.82, 2.24) is 15.2 Å². The Bertz CT molecular complexity index is 1660. The van der Waals surface area contributed by atoms with Crippen LogP contribution in [0.2, 0.25) is 5.02 Å². The van der Waals surface area contributed by atoms with Gasteiger partial charge in [0.2, 0.25) is 5.88 Å². The fourth-order valence-electron chi connectivity index (χ4n) is 3.79. The van der Waals surface area contributed by atoms with Crippen molar-refractivity contribution in [2.45, 2.75) is 18.2 Å². The molecule has 9 nitrogen and oxygen atoms in total. The summed E-state index contributed by atoms with van der Waals surface area (Å²) in [7, 11) is -3.34. The molecule has 0 bridgehead atoms. The van der Waals surface area contributed by atoms with Crippen molar-refractivity contribution < 1.29 is 31.1 Å². The minimum atomic E-state index is -4.52. The van der Waals surface area contributed by atoms with E-state index >= 15 is 8.78 Å². The van der Waals surface area contributed by atoms with Gasteiger partial charge in [-0.25, -0.2) is 26.6 Å². The molecule has 4 N–H and O–H groups in total. The molecular weight excluding hydrogens is 547 g/mol. The molecule has 1 unspecified atom stereocenters. The molecule has 2 aromatic carbocycles. The van der Waals surface area contributed by atoms with Gasteiger partial charge in [0, 0.05) is 23.6 Å². The van der Waals surface area contributed by atoms with Gasteiger partial charge in [-0.2, -0.15) is 5.10 Å². The Morgan fingerprint density at radius 3 is 2.63 bits per heavy atom.